The van der Waals surface area contributed by atoms with Crippen LogP contribution in [0.4, 0.5) is 0 Å². The highest BCUT2D eigenvalue weighted by Gasteiger charge is 2.17. The summed E-state index contributed by atoms with van der Waals surface area (Å²) in [5.41, 5.74) is 4.04. The minimum atomic E-state index is -0.110. The van der Waals surface area contributed by atoms with Crippen LogP contribution >= 0.6 is 0 Å². The second-order valence-electron chi connectivity index (χ2n) is 7.16. The van der Waals surface area contributed by atoms with Crippen LogP contribution < -0.4 is 5.32 Å². The molecule has 1 N–H and O–H groups in total. The molecule has 0 saturated heterocycles. The van der Waals surface area contributed by atoms with Crippen LogP contribution in [0.25, 0.3) is 16.9 Å². The third-order valence-corrected chi connectivity index (χ3v) is 5.18. The number of carbonyl (C=O) groups is 1. The standard InChI is InChI=1S/C21H24N4O/c1-15-12-18(17-10-6-3-7-11-17)23-20-13-19(24-25(15)20)21(26)22-14-16-8-4-2-5-9-16/h3,6-7,10-13,16H,2,4-5,8-9,14H2,1H3,(H,22,26). The lowest BCUT2D eigenvalue weighted by atomic mass is 9.89. The molecule has 0 unspecified atom stereocenters. The Labute approximate surface area is 153 Å². The molecular formula is C21H24N4O. The SMILES string of the molecule is Cc1cc(-c2ccccc2)nc2cc(C(=O)NCC3CCCCC3)nn12. The first-order valence-corrected chi connectivity index (χ1v) is 9.42. The van der Waals surface area contributed by atoms with Crippen molar-refractivity contribution in [3.63, 3.8) is 0 Å². The Morgan fingerprint density at radius 1 is 1.15 bits per heavy atom. The van der Waals surface area contributed by atoms with Crippen molar-refractivity contribution in [1.29, 1.82) is 0 Å². The Kier molecular flexibility index (Phi) is 4.69. The number of nitrogens with zero attached hydrogens (tertiary/aromatic N) is 3. The smallest absolute Gasteiger partial charge is 0.271 e. The number of hydrogen-bond donors (Lipinski definition) is 1. The average molecular weight is 348 g/mol. The molecule has 4 rings (SSSR count). The van der Waals surface area contributed by atoms with Gasteiger partial charge in [0.1, 0.15) is 0 Å². The topological polar surface area (TPSA) is 59.3 Å². The predicted octanol–water partition coefficient (Wildman–Crippen LogP) is 4.01. The second-order valence-corrected chi connectivity index (χ2v) is 7.16. The molecule has 1 aliphatic carbocycles. The van der Waals surface area contributed by atoms with Gasteiger partial charge in [0.25, 0.3) is 5.91 Å². The summed E-state index contributed by atoms with van der Waals surface area (Å²) in [6.07, 6.45) is 6.31. The lowest BCUT2D eigenvalue weighted by molar-refractivity contribution is 0.0938. The summed E-state index contributed by atoms with van der Waals surface area (Å²) in [5, 5.41) is 7.51. The Balaban J connectivity index is 1.55. The third kappa shape index (κ3) is 3.47. The summed E-state index contributed by atoms with van der Waals surface area (Å²) < 4.78 is 1.74. The molecule has 1 aliphatic rings. The van der Waals surface area contributed by atoms with Gasteiger partial charge in [-0.3, -0.25) is 4.79 Å². The molecule has 1 fully saturated rings. The molecule has 0 radical (unpaired) electrons. The molecule has 2 aromatic heterocycles. The van der Waals surface area contributed by atoms with Crippen LogP contribution in [0.1, 0.15) is 48.3 Å². The van der Waals surface area contributed by atoms with Crippen molar-refractivity contribution >= 4 is 11.6 Å². The van der Waals surface area contributed by atoms with Crippen LogP contribution in [0, 0.1) is 12.8 Å². The van der Waals surface area contributed by atoms with E-state index >= 15 is 0 Å². The van der Waals surface area contributed by atoms with E-state index in [-0.39, 0.29) is 5.91 Å². The van der Waals surface area contributed by atoms with Gasteiger partial charge < -0.3 is 5.32 Å². The number of nitrogens with one attached hydrogen (secondary N) is 1. The number of fused-ring (bicyclic) bond motifs is 1. The molecule has 0 bridgehead atoms. The predicted molar refractivity (Wildman–Crippen MR) is 102 cm³/mol. The van der Waals surface area contributed by atoms with Gasteiger partial charge in [-0.1, -0.05) is 49.6 Å². The minimum Gasteiger partial charge on any atom is -0.350 e. The van der Waals surface area contributed by atoms with Gasteiger partial charge in [-0.05, 0) is 31.7 Å². The summed E-state index contributed by atoms with van der Waals surface area (Å²) in [4.78, 5) is 17.2. The van der Waals surface area contributed by atoms with Gasteiger partial charge in [0.2, 0.25) is 0 Å². The number of aromatic nitrogens is 3. The normalized spacial score (nSPS) is 15.3. The van der Waals surface area contributed by atoms with Crippen LogP contribution in [0.15, 0.2) is 42.5 Å². The zero-order valence-electron chi connectivity index (χ0n) is 15.1. The van der Waals surface area contributed by atoms with Crippen molar-refractivity contribution in [2.45, 2.75) is 39.0 Å². The molecule has 0 spiro atoms. The van der Waals surface area contributed by atoms with Gasteiger partial charge in [0, 0.05) is 23.9 Å². The van der Waals surface area contributed by atoms with Gasteiger partial charge in [0.15, 0.2) is 11.3 Å². The number of benzene rings is 1. The highest BCUT2D eigenvalue weighted by molar-refractivity contribution is 5.93. The molecule has 0 aliphatic heterocycles. The number of hydrogen-bond acceptors (Lipinski definition) is 3. The van der Waals surface area contributed by atoms with E-state index in [1.165, 1.54) is 32.1 Å². The van der Waals surface area contributed by atoms with E-state index in [1.807, 2.05) is 43.3 Å². The molecule has 0 atom stereocenters. The molecule has 5 heteroatoms. The Morgan fingerprint density at radius 3 is 2.69 bits per heavy atom. The lowest BCUT2D eigenvalue weighted by Crippen LogP contribution is -2.30. The molecule has 5 nitrogen and oxygen atoms in total. The van der Waals surface area contributed by atoms with Crippen LogP contribution in [0.5, 0.6) is 0 Å². The molecule has 1 aromatic carbocycles. The van der Waals surface area contributed by atoms with E-state index in [0.29, 0.717) is 17.3 Å². The lowest BCUT2D eigenvalue weighted by Gasteiger charge is -2.21. The molecule has 134 valence electrons. The quantitative estimate of drug-likeness (QED) is 0.775. The van der Waals surface area contributed by atoms with Gasteiger partial charge >= 0.3 is 0 Å². The van der Waals surface area contributed by atoms with E-state index in [2.05, 4.69) is 15.4 Å². The van der Waals surface area contributed by atoms with E-state index in [9.17, 15) is 4.79 Å². The van der Waals surface area contributed by atoms with Crippen LogP contribution in [0.3, 0.4) is 0 Å². The zero-order valence-corrected chi connectivity index (χ0v) is 15.1. The molecular weight excluding hydrogens is 324 g/mol. The molecule has 3 aromatic rings. The van der Waals surface area contributed by atoms with E-state index in [1.54, 1.807) is 10.6 Å². The maximum Gasteiger partial charge on any atom is 0.271 e. The third-order valence-electron chi connectivity index (χ3n) is 5.18. The van der Waals surface area contributed by atoms with Crippen LogP contribution in [-0.2, 0) is 0 Å². The van der Waals surface area contributed by atoms with E-state index in [0.717, 1.165) is 23.5 Å². The summed E-state index contributed by atoms with van der Waals surface area (Å²) in [6.45, 7) is 2.73. The second kappa shape index (κ2) is 7.28. The van der Waals surface area contributed by atoms with Crippen molar-refractivity contribution in [2.24, 2.45) is 5.92 Å². The van der Waals surface area contributed by atoms with Crippen LogP contribution in [-0.4, -0.2) is 27.0 Å². The van der Waals surface area contributed by atoms with Gasteiger partial charge in [0.05, 0.1) is 5.69 Å². The van der Waals surface area contributed by atoms with E-state index < -0.39 is 0 Å². The van der Waals surface area contributed by atoms with Crippen LogP contribution in [0.2, 0.25) is 0 Å². The van der Waals surface area contributed by atoms with Gasteiger partial charge in [-0.25, -0.2) is 9.50 Å². The first-order chi connectivity index (χ1) is 12.7. The summed E-state index contributed by atoms with van der Waals surface area (Å²) in [7, 11) is 0. The number of amides is 1. The summed E-state index contributed by atoms with van der Waals surface area (Å²) >= 11 is 0. The molecule has 1 saturated carbocycles. The molecule has 26 heavy (non-hydrogen) atoms. The number of aryl methyl sites for hydroxylation is 1. The first kappa shape index (κ1) is 16.8. The molecule has 1 amide bonds. The largest absolute Gasteiger partial charge is 0.350 e. The number of carbonyl (C=O) groups excluding carboxylic acids is 1. The highest BCUT2D eigenvalue weighted by Crippen LogP contribution is 2.23. The van der Waals surface area contributed by atoms with Gasteiger partial charge in [-0.15, -0.1) is 0 Å². The van der Waals surface area contributed by atoms with Crippen molar-refractivity contribution in [3.05, 3.63) is 53.9 Å². The maximum absolute atomic E-state index is 12.5. The van der Waals surface area contributed by atoms with Crippen molar-refractivity contribution < 1.29 is 4.79 Å². The minimum absolute atomic E-state index is 0.110. The van der Waals surface area contributed by atoms with E-state index in [4.69, 9.17) is 0 Å². The number of rotatable bonds is 4. The van der Waals surface area contributed by atoms with Gasteiger partial charge in [-0.2, -0.15) is 5.10 Å². The summed E-state index contributed by atoms with van der Waals surface area (Å²) in [6, 6.07) is 13.8. The fraction of sp³-hybridized carbons (Fsp3) is 0.381. The Hall–Kier alpha value is -2.69. The highest BCUT2D eigenvalue weighted by atomic mass is 16.1. The fourth-order valence-electron chi connectivity index (χ4n) is 3.71. The summed E-state index contributed by atoms with van der Waals surface area (Å²) in [5.74, 6) is 0.496. The fourth-order valence-corrected chi connectivity index (χ4v) is 3.71. The monoisotopic (exact) mass is 348 g/mol. The van der Waals surface area contributed by atoms with Crippen molar-refractivity contribution in [1.82, 2.24) is 19.9 Å². The first-order valence-electron chi connectivity index (χ1n) is 9.42. The van der Waals surface area contributed by atoms with Crippen molar-refractivity contribution in [2.75, 3.05) is 6.54 Å². The Bertz CT molecular complexity index is 910. The average Bonchev–Trinajstić information content (AvgIpc) is 3.12. The Morgan fingerprint density at radius 2 is 1.92 bits per heavy atom. The molecule has 2 heterocycles. The maximum atomic E-state index is 12.5. The van der Waals surface area contributed by atoms with Crippen molar-refractivity contribution in [3.8, 4) is 11.3 Å². The zero-order chi connectivity index (χ0) is 17.9.